The Kier molecular flexibility index (Phi) is 4.85. The fourth-order valence-electron chi connectivity index (χ4n) is 1.71. The predicted molar refractivity (Wildman–Crippen MR) is 85.6 cm³/mol. The number of halogens is 1. The molecule has 0 aliphatic heterocycles. The van der Waals surface area contributed by atoms with Crippen LogP contribution in [0.4, 0.5) is 5.69 Å². The van der Waals surface area contributed by atoms with Gasteiger partial charge >= 0.3 is 0 Å². The van der Waals surface area contributed by atoms with E-state index < -0.39 is 5.91 Å². The third-order valence-corrected chi connectivity index (χ3v) is 3.14. The number of aromatic hydroxyl groups is 1. The first-order valence-electron chi connectivity index (χ1n) is 6.26. The number of hydrazone groups is 1. The summed E-state index contributed by atoms with van der Waals surface area (Å²) in [7, 11) is 1.52. The van der Waals surface area contributed by atoms with Crippen LogP contribution in [-0.4, -0.2) is 24.3 Å². The molecular weight excluding hydrogens is 306 g/mol. The molecule has 2 aromatic carbocycles. The third kappa shape index (κ3) is 3.67. The Hall–Kier alpha value is -2.73. The molecule has 0 saturated heterocycles. The van der Waals surface area contributed by atoms with Gasteiger partial charge in [0.05, 0.1) is 18.3 Å². The second-order valence-electron chi connectivity index (χ2n) is 4.37. The van der Waals surface area contributed by atoms with Crippen molar-refractivity contribution in [1.29, 1.82) is 0 Å². The number of carbonyl (C=O) groups is 1. The van der Waals surface area contributed by atoms with E-state index >= 15 is 0 Å². The van der Waals surface area contributed by atoms with Gasteiger partial charge in [-0.05, 0) is 30.3 Å². The molecule has 2 rings (SSSR count). The van der Waals surface area contributed by atoms with Gasteiger partial charge in [0, 0.05) is 22.9 Å². The lowest BCUT2D eigenvalue weighted by atomic mass is 10.2. The second kappa shape index (κ2) is 6.82. The molecular formula is C15H14ClN3O3. The van der Waals surface area contributed by atoms with Gasteiger partial charge in [-0.1, -0.05) is 11.6 Å². The molecule has 2 aromatic rings. The number of nitrogens with zero attached hydrogens (tertiary/aromatic N) is 1. The van der Waals surface area contributed by atoms with Gasteiger partial charge in [0.2, 0.25) is 0 Å². The molecule has 0 aliphatic carbocycles. The smallest absolute Gasteiger partial charge is 0.271 e. The summed E-state index contributed by atoms with van der Waals surface area (Å²) >= 11 is 5.75. The van der Waals surface area contributed by atoms with Crippen LogP contribution >= 0.6 is 11.6 Å². The Morgan fingerprint density at radius 3 is 2.82 bits per heavy atom. The normalized spacial score (nSPS) is 10.6. The number of nitrogen functional groups attached to an aromatic ring is 1. The fourth-order valence-corrected chi connectivity index (χ4v) is 1.89. The van der Waals surface area contributed by atoms with Crippen molar-refractivity contribution in [2.45, 2.75) is 0 Å². The minimum atomic E-state index is -0.451. The summed E-state index contributed by atoms with van der Waals surface area (Å²) in [5, 5.41) is 13.3. The van der Waals surface area contributed by atoms with E-state index in [-0.39, 0.29) is 16.3 Å². The highest BCUT2D eigenvalue weighted by molar-refractivity contribution is 6.32. The number of phenolic OH excluding ortho intramolecular Hbond substituents is 1. The van der Waals surface area contributed by atoms with Crippen molar-refractivity contribution in [3.63, 3.8) is 0 Å². The van der Waals surface area contributed by atoms with Crippen LogP contribution in [0.5, 0.6) is 11.5 Å². The number of rotatable bonds is 4. The Labute approximate surface area is 132 Å². The quantitative estimate of drug-likeness (QED) is 0.458. The summed E-state index contributed by atoms with van der Waals surface area (Å²) < 4.78 is 5.17. The van der Waals surface area contributed by atoms with Crippen molar-refractivity contribution in [3.05, 3.63) is 52.5 Å². The zero-order chi connectivity index (χ0) is 16.1. The summed E-state index contributed by atoms with van der Waals surface area (Å²) in [6, 6.07) is 9.21. The number of carbonyl (C=O) groups excluding carboxylic acids is 1. The molecule has 0 aromatic heterocycles. The summed E-state index contributed by atoms with van der Waals surface area (Å²) in [6.07, 6.45) is 1.44. The topological polar surface area (TPSA) is 96.9 Å². The Bertz CT molecular complexity index is 732. The van der Waals surface area contributed by atoms with E-state index in [2.05, 4.69) is 10.5 Å². The van der Waals surface area contributed by atoms with E-state index in [1.54, 1.807) is 18.2 Å². The van der Waals surface area contributed by atoms with Crippen LogP contribution < -0.4 is 15.9 Å². The zero-order valence-corrected chi connectivity index (χ0v) is 12.5. The molecule has 6 nitrogen and oxygen atoms in total. The van der Waals surface area contributed by atoms with Gasteiger partial charge in [-0.15, -0.1) is 0 Å². The van der Waals surface area contributed by atoms with Gasteiger partial charge < -0.3 is 15.6 Å². The van der Waals surface area contributed by atoms with E-state index in [0.29, 0.717) is 17.0 Å². The minimum Gasteiger partial charge on any atom is -0.506 e. The molecule has 0 saturated carbocycles. The largest absolute Gasteiger partial charge is 0.506 e. The molecule has 0 aliphatic rings. The van der Waals surface area contributed by atoms with Gasteiger partial charge in [-0.2, -0.15) is 5.10 Å². The summed E-state index contributed by atoms with van der Waals surface area (Å²) in [6.45, 7) is 0. The van der Waals surface area contributed by atoms with Crippen molar-refractivity contribution in [3.8, 4) is 11.5 Å². The maximum atomic E-state index is 11.9. The molecule has 0 fully saturated rings. The van der Waals surface area contributed by atoms with Crippen molar-refractivity contribution in [2.24, 2.45) is 5.10 Å². The maximum absolute atomic E-state index is 11.9. The molecule has 0 bridgehead atoms. The van der Waals surface area contributed by atoms with Crippen LogP contribution in [0.25, 0.3) is 0 Å². The fraction of sp³-hybridized carbons (Fsp3) is 0.0667. The standard InChI is InChI=1S/C15H14ClN3O3/c1-22-14-7-11(17)4-2-10(14)8-18-19-15(21)9-3-5-13(20)12(16)6-9/h2-8,20H,17H2,1H3,(H,19,21). The summed E-state index contributed by atoms with van der Waals surface area (Å²) in [5.41, 5.74) is 9.53. The monoisotopic (exact) mass is 319 g/mol. The first-order chi connectivity index (χ1) is 10.5. The number of ether oxygens (including phenoxy) is 1. The average molecular weight is 320 g/mol. The van der Waals surface area contributed by atoms with Gasteiger partial charge in [0.25, 0.3) is 5.91 Å². The Morgan fingerprint density at radius 1 is 1.36 bits per heavy atom. The number of benzene rings is 2. The zero-order valence-electron chi connectivity index (χ0n) is 11.7. The highest BCUT2D eigenvalue weighted by atomic mass is 35.5. The molecule has 0 radical (unpaired) electrons. The van der Waals surface area contributed by atoms with Crippen molar-refractivity contribution >= 4 is 29.4 Å². The van der Waals surface area contributed by atoms with E-state index in [0.717, 1.165) is 0 Å². The van der Waals surface area contributed by atoms with Crippen LogP contribution in [0, 0.1) is 0 Å². The first-order valence-corrected chi connectivity index (χ1v) is 6.64. The predicted octanol–water partition coefficient (Wildman–Crippen LogP) is 2.40. The molecule has 7 heteroatoms. The van der Waals surface area contributed by atoms with E-state index in [9.17, 15) is 9.90 Å². The number of nitrogens with one attached hydrogen (secondary N) is 1. The molecule has 0 spiro atoms. The van der Waals surface area contributed by atoms with E-state index in [1.165, 1.54) is 31.5 Å². The van der Waals surface area contributed by atoms with Gasteiger partial charge in [-0.3, -0.25) is 4.79 Å². The highest BCUT2D eigenvalue weighted by Crippen LogP contribution is 2.23. The number of hydrogen-bond donors (Lipinski definition) is 3. The second-order valence-corrected chi connectivity index (χ2v) is 4.77. The Balaban J connectivity index is 2.09. The molecule has 22 heavy (non-hydrogen) atoms. The highest BCUT2D eigenvalue weighted by Gasteiger charge is 2.07. The van der Waals surface area contributed by atoms with Crippen LogP contribution in [-0.2, 0) is 0 Å². The Morgan fingerprint density at radius 2 is 2.14 bits per heavy atom. The van der Waals surface area contributed by atoms with Crippen LogP contribution in [0.1, 0.15) is 15.9 Å². The lowest BCUT2D eigenvalue weighted by Crippen LogP contribution is -2.17. The number of hydrogen-bond acceptors (Lipinski definition) is 5. The summed E-state index contributed by atoms with van der Waals surface area (Å²) in [4.78, 5) is 11.9. The molecule has 0 heterocycles. The SMILES string of the molecule is COc1cc(N)ccc1C=NNC(=O)c1ccc(O)c(Cl)c1. The molecule has 1 amide bonds. The third-order valence-electron chi connectivity index (χ3n) is 2.84. The van der Waals surface area contributed by atoms with Gasteiger partial charge in [0.1, 0.15) is 11.5 Å². The van der Waals surface area contributed by atoms with E-state index in [4.69, 9.17) is 22.1 Å². The number of anilines is 1. The van der Waals surface area contributed by atoms with Gasteiger partial charge in [-0.25, -0.2) is 5.43 Å². The molecule has 0 atom stereocenters. The molecule has 114 valence electrons. The lowest BCUT2D eigenvalue weighted by molar-refractivity contribution is 0.0955. The lowest BCUT2D eigenvalue weighted by Gasteiger charge is -2.05. The van der Waals surface area contributed by atoms with Crippen molar-refractivity contribution in [2.75, 3.05) is 12.8 Å². The van der Waals surface area contributed by atoms with Crippen molar-refractivity contribution < 1.29 is 14.6 Å². The number of phenols is 1. The number of amides is 1. The molecule has 0 unspecified atom stereocenters. The van der Waals surface area contributed by atoms with Crippen LogP contribution in [0.15, 0.2) is 41.5 Å². The first kappa shape index (κ1) is 15.7. The minimum absolute atomic E-state index is 0.0895. The summed E-state index contributed by atoms with van der Waals surface area (Å²) in [5.74, 6) is 0.00608. The number of nitrogens with two attached hydrogens (primary N) is 1. The molecule has 4 N–H and O–H groups in total. The van der Waals surface area contributed by atoms with Crippen LogP contribution in [0.3, 0.4) is 0 Å². The van der Waals surface area contributed by atoms with Gasteiger partial charge in [0.15, 0.2) is 0 Å². The maximum Gasteiger partial charge on any atom is 0.271 e. The van der Waals surface area contributed by atoms with Crippen molar-refractivity contribution in [1.82, 2.24) is 5.43 Å². The number of methoxy groups -OCH3 is 1. The van der Waals surface area contributed by atoms with E-state index in [1.807, 2.05) is 0 Å². The average Bonchev–Trinajstić information content (AvgIpc) is 2.51. The van der Waals surface area contributed by atoms with Crippen LogP contribution in [0.2, 0.25) is 5.02 Å².